The van der Waals surface area contributed by atoms with Crippen molar-refractivity contribution in [2.24, 2.45) is 0 Å². The highest BCUT2D eigenvalue weighted by atomic mass is 16.3. The molecule has 0 aromatic heterocycles. The molecule has 1 heterocycles. The number of aryl methyl sites for hydroxylation is 2. The predicted octanol–water partition coefficient (Wildman–Crippen LogP) is 8.72. The van der Waals surface area contributed by atoms with Gasteiger partial charge < -0.3 is 5.11 Å². The van der Waals surface area contributed by atoms with Gasteiger partial charge in [0.2, 0.25) is 0 Å². The first-order valence-electron chi connectivity index (χ1n) is 17.1. The number of β-amino-alcohol motifs (C(OH)–C–C–N with tert-alkyl or cyclic N) is 1. The molecule has 4 rings (SSSR count). The Morgan fingerprint density at radius 3 is 1.57 bits per heavy atom. The second-order valence-corrected chi connectivity index (χ2v) is 12.7. The predicted molar refractivity (Wildman–Crippen MR) is 171 cm³/mol. The summed E-state index contributed by atoms with van der Waals surface area (Å²) in [4.78, 5) is 5.19. The van der Waals surface area contributed by atoms with Crippen molar-refractivity contribution in [2.45, 2.75) is 128 Å². The van der Waals surface area contributed by atoms with Gasteiger partial charge >= 0.3 is 0 Å². The van der Waals surface area contributed by atoms with Crippen LogP contribution in [-0.2, 0) is 12.8 Å². The fraction of sp³-hybridized carbons (Fsp3) is 0.676. The van der Waals surface area contributed by atoms with Gasteiger partial charge in [0, 0.05) is 32.7 Å². The summed E-state index contributed by atoms with van der Waals surface area (Å²) in [6.45, 7) is 7.37. The number of nitrogens with zero attached hydrogens (tertiary/aromatic N) is 2. The van der Waals surface area contributed by atoms with E-state index in [0.29, 0.717) is 6.04 Å². The van der Waals surface area contributed by atoms with E-state index in [1.807, 2.05) is 0 Å². The summed E-state index contributed by atoms with van der Waals surface area (Å²) in [6.07, 6.45) is 22.5. The molecule has 2 aromatic rings. The highest BCUT2D eigenvalue weighted by molar-refractivity contribution is 5.44. The third kappa shape index (κ3) is 10.00. The number of aliphatic hydroxyl groups is 1. The number of hydrogen-bond donors (Lipinski definition) is 1. The van der Waals surface area contributed by atoms with Crippen LogP contribution in [0, 0.1) is 0 Å². The summed E-state index contributed by atoms with van der Waals surface area (Å²) in [5.41, 5.74) is 6.02. The van der Waals surface area contributed by atoms with E-state index >= 15 is 0 Å². The Labute approximate surface area is 246 Å². The zero-order valence-corrected chi connectivity index (χ0v) is 25.7. The lowest BCUT2D eigenvalue weighted by Gasteiger charge is -2.40. The van der Waals surface area contributed by atoms with Crippen molar-refractivity contribution in [3.63, 3.8) is 0 Å². The van der Waals surface area contributed by atoms with Crippen molar-refractivity contribution in [1.29, 1.82) is 0 Å². The van der Waals surface area contributed by atoms with E-state index < -0.39 is 0 Å². The minimum absolute atomic E-state index is 0.178. The molecule has 0 radical (unpaired) electrons. The van der Waals surface area contributed by atoms with Gasteiger partial charge in [-0.3, -0.25) is 9.80 Å². The lowest BCUT2D eigenvalue weighted by atomic mass is 9.92. The van der Waals surface area contributed by atoms with Crippen LogP contribution in [-0.4, -0.2) is 53.7 Å². The number of fused-ring (bicyclic) bond motifs is 2. The molecule has 40 heavy (non-hydrogen) atoms. The summed E-state index contributed by atoms with van der Waals surface area (Å²) in [7, 11) is 0. The highest BCUT2D eigenvalue weighted by Gasteiger charge is 2.31. The molecule has 1 aliphatic heterocycles. The third-order valence-electron chi connectivity index (χ3n) is 9.49. The topological polar surface area (TPSA) is 26.7 Å². The number of rotatable bonds is 18. The van der Waals surface area contributed by atoms with Crippen molar-refractivity contribution >= 4 is 0 Å². The number of unbranched alkanes of at least 4 members (excludes halogenated alkanes) is 13. The van der Waals surface area contributed by atoms with Crippen LogP contribution in [0.4, 0.5) is 0 Å². The molecule has 3 heteroatoms. The summed E-state index contributed by atoms with van der Waals surface area (Å²) < 4.78 is 0. The molecular formula is C37H58N2O. The molecule has 2 aromatic carbocycles. The van der Waals surface area contributed by atoms with Gasteiger partial charge in [0.15, 0.2) is 0 Å². The normalized spacial score (nSPS) is 17.4. The van der Waals surface area contributed by atoms with Crippen LogP contribution in [0.25, 0.3) is 0 Å². The monoisotopic (exact) mass is 546 g/mol. The first-order valence-corrected chi connectivity index (χ1v) is 17.1. The molecule has 0 amide bonds. The van der Waals surface area contributed by atoms with Crippen molar-refractivity contribution in [3.05, 3.63) is 70.8 Å². The molecule has 2 aliphatic rings. The molecule has 1 saturated heterocycles. The van der Waals surface area contributed by atoms with E-state index in [0.717, 1.165) is 52.0 Å². The maximum atomic E-state index is 10.7. The smallest absolute Gasteiger partial charge is 0.0667 e. The third-order valence-corrected chi connectivity index (χ3v) is 9.49. The SMILES string of the molecule is CCCCCCCCCCCCCCCCC(O)CN1CCN(C2c3ccccc3CCc3ccccc32)CC1. The Balaban J connectivity index is 1.08. The van der Waals surface area contributed by atoms with Crippen molar-refractivity contribution in [3.8, 4) is 0 Å². The lowest BCUT2D eigenvalue weighted by molar-refractivity contribution is 0.0580. The highest BCUT2D eigenvalue weighted by Crippen LogP contribution is 2.37. The van der Waals surface area contributed by atoms with Gasteiger partial charge in [-0.25, -0.2) is 0 Å². The van der Waals surface area contributed by atoms with Gasteiger partial charge in [0.25, 0.3) is 0 Å². The Bertz CT molecular complexity index is 903. The minimum atomic E-state index is -0.178. The van der Waals surface area contributed by atoms with Crippen LogP contribution in [0.1, 0.15) is 132 Å². The Morgan fingerprint density at radius 1 is 0.625 bits per heavy atom. The Hall–Kier alpha value is -1.68. The summed E-state index contributed by atoms with van der Waals surface area (Å²) in [6, 6.07) is 18.6. The molecule has 0 saturated carbocycles. The molecule has 0 spiro atoms. The lowest BCUT2D eigenvalue weighted by Crippen LogP contribution is -2.49. The van der Waals surface area contributed by atoms with Crippen molar-refractivity contribution in [1.82, 2.24) is 9.80 Å². The standard InChI is InChI=1S/C37H58N2O/c1-2-3-4-5-6-7-8-9-10-11-12-13-14-15-22-34(40)31-38-27-29-39(30-28-38)37-35-23-18-16-20-32(35)25-26-33-21-17-19-24-36(33)37/h16-21,23-24,34,37,40H,2-15,22,25-31H2,1H3. The van der Waals surface area contributed by atoms with E-state index in [1.165, 1.54) is 112 Å². The molecule has 222 valence electrons. The second kappa shape index (κ2) is 18.0. The van der Waals surface area contributed by atoms with E-state index in [1.54, 1.807) is 0 Å². The molecule has 1 atom stereocenters. The van der Waals surface area contributed by atoms with Crippen LogP contribution < -0.4 is 0 Å². The quantitative estimate of drug-likeness (QED) is 0.189. The number of piperazine rings is 1. The summed E-state index contributed by atoms with van der Waals surface area (Å²) in [5, 5.41) is 10.7. The van der Waals surface area contributed by atoms with E-state index in [9.17, 15) is 5.11 Å². The van der Waals surface area contributed by atoms with Crippen molar-refractivity contribution < 1.29 is 5.11 Å². The van der Waals surface area contributed by atoms with Crippen LogP contribution in [0.2, 0.25) is 0 Å². The summed E-state index contributed by atoms with van der Waals surface area (Å²) >= 11 is 0. The average Bonchev–Trinajstić information content (AvgIpc) is 3.15. The largest absolute Gasteiger partial charge is 0.392 e. The molecule has 0 bridgehead atoms. The Kier molecular flexibility index (Phi) is 14.1. The molecule has 1 N–H and O–H groups in total. The van der Waals surface area contributed by atoms with Crippen LogP contribution >= 0.6 is 0 Å². The second-order valence-electron chi connectivity index (χ2n) is 12.7. The molecule has 3 nitrogen and oxygen atoms in total. The fourth-order valence-corrected chi connectivity index (χ4v) is 7.06. The fourth-order valence-electron chi connectivity index (χ4n) is 7.06. The Morgan fingerprint density at radius 2 is 1.07 bits per heavy atom. The van der Waals surface area contributed by atoms with Crippen LogP contribution in [0.15, 0.2) is 48.5 Å². The van der Waals surface area contributed by atoms with Gasteiger partial charge in [-0.2, -0.15) is 0 Å². The molecule has 1 aliphatic carbocycles. The zero-order valence-electron chi connectivity index (χ0n) is 25.7. The van der Waals surface area contributed by atoms with Crippen LogP contribution in [0.5, 0.6) is 0 Å². The first kappa shape index (κ1) is 31.3. The van der Waals surface area contributed by atoms with Gasteiger partial charge in [-0.05, 0) is 41.5 Å². The van der Waals surface area contributed by atoms with Gasteiger partial charge in [-0.15, -0.1) is 0 Å². The number of benzene rings is 2. The van der Waals surface area contributed by atoms with E-state index in [4.69, 9.17) is 0 Å². The average molecular weight is 547 g/mol. The minimum Gasteiger partial charge on any atom is -0.392 e. The molecular weight excluding hydrogens is 488 g/mol. The van der Waals surface area contributed by atoms with E-state index in [-0.39, 0.29) is 6.10 Å². The van der Waals surface area contributed by atoms with E-state index in [2.05, 4.69) is 65.3 Å². The number of aliphatic hydroxyl groups excluding tert-OH is 1. The number of hydrogen-bond acceptors (Lipinski definition) is 3. The zero-order chi connectivity index (χ0) is 27.8. The molecule has 1 fully saturated rings. The van der Waals surface area contributed by atoms with Gasteiger partial charge in [-0.1, -0.05) is 145 Å². The maximum Gasteiger partial charge on any atom is 0.0667 e. The first-order chi connectivity index (χ1) is 19.8. The van der Waals surface area contributed by atoms with Crippen LogP contribution in [0.3, 0.4) is 0 Å². The van der Waals surface area contributed by atoms with Crippen molar-refractivity contribution in [2.75, 3.05) is 32.7 Å². The molecule has 1 unspecified atom stereocenters. The van der Waals surface area contributed by atoms with Gasteiger partial charge in [0.05, 0.1) is 12.1 Å². The maximum absolute atomic E-state index is 10.7. The van der Waals surface area contributed by atoms with Gasteiger partial charge in [0.1, 0.15) is 0 Å². The summed E-state index contributed by atoms with van der Waals surface area (Å²) in [5.74, 6) is 0.